The largest absolute Gasteiger partial charge is 0.478 e. The lowest BCUT2D eigenvalue weighted by Crippen LogP contribution is -1.95. The van der Waals surface area contributed by atoms with Gasteiger partial charge in [-0.25, -0.2) is 4.79 Å². The molecule has 0 aliphatic rings. The molecule has 0 aliphatic heterocycles. The molecule has 7 heteroatoms. The predicted molar refractivity (Wildman–Crippen MR) is 82.6 cm³/mol. The minimum atomic E-state index is -0.921. The number of hydrogen-bond donors (Lipinski definition) is 2. The number of hydrogen-bond acceptors (Lipinski definition) is 5. The SMILES string of the molecule is O=C(O)c1ccc(CSc2nnc(-c3cccnc3)[nH]2)cc1. The van der Waals surface area contributed by atoms with Crippen molar-refractivity contribution in [2.24, 2.45) is 0 Å². The summed E-state index contributed by atoms with van der Waals surface area (Å²) in [4.78, 5) is 18.0. The van der Waals surface area contributed by atoms with Crippen LogP contribution in [0.25, 0.3) is 11.4 Å². The summed E-state index contributed by atoms with van der Waals surface area (Å²) in [6, 6.07) is 10.5. The van der Waals surface area contributed by atoms with Crippen LogP contribution in [0.1, 0.15) is 15.9 Å². The highest BCUT2D eigenvalue weighted by Crippen LogP contribution is 2.22. The highest BCUT2D eigenvalue weighted by atomic mass is 32.2. The standard InChI is InChI=1S/C15H12N4O2S/c20-14(21)11-5-3-10(4-6-11)9-22-15-17-13(18-19-15)12-2-1-7-16-8-12/h1-8H,9H2,(H,20,21)(H,17,18,19). The average Bonchev–Trinajstić information content (AvgIpc) is 3.03. The second kappa shape index (κ2) is 6.40. The first kappa shape index (κ1) is 14.3. The van der Waals surface area contributed by atoms with Crippen LogP contribution in [0, 0.1) is 0 Å². The van der Waals surface area contributed by atoms with Gasteiger partial charge in [0, 0.05) is 23.7 Å². The van der Waals surface area contributed by atoms with E-state index in [1.54, 1.807) is 36.7 Å². The summed E-state index contributed by atoms with van der Waals surface area (Å²) < 4.78 is 0. The van der Waals surface area contributed by atoms with Gasteiger partial charge in [-0.3, -0.25) is 4.98 Å². The molecule has 110 valence electrons. The number of pyridine rings is 1. The maximum absolute atomic E-state index is 10.8. The summed E-state index contributed by atoms with van der Waals surface area (Å²) in [5, 5.41) is 17.8. The van der Waals surface area contributed by atoms with Crippen LogP contribution in [0.2, 0.25) is 0 Å². The lowest BCUT2D eigenvalue weighted by molar-refractivity contribution is 0.0697. The van der Waals surface area contributed by atoms with E-state index in [1.807, 2.05) is 12.1 Å². The molecule has 0 saturated heterocycles. The summed E-state index contributed by atoms with van der Waals surface area (Å²) in [5.74, 6) is 0.439. The van der Waals surface area contributed by atoms with Gasteiger partial charge in [0.05, 0.1) is 5.56 Å². The number of rotatable bonds is 5. The normalized spacial score (nSPS) is 10.5. The van der Waals surface area contributed by atoms with Crippen molar-refractivity contribution in [2.75, 3.05) is 0 Å². The first-order chi connectivity index (χ1) is 10.7. The van der Waals surface area contributed by atoms with Gasteiger partial charge in [-0.2, -0.15) is 0 Å². The van der Waals surface area contributed by atoms with Gasteiger partial charge in [-0.05, 0) is 29.8 Å². The molecule has 3 aromatic rings. The van der Waals surface area contributed by atoms with Crippen molar-refractivity contribution in [3.8, 4) is 11.4 Å². The number of carboxylic acid groups (broad SMARTS) is 1. The summed E-state index contributed by atoms with van der Waals surface area (Å²) in [5.41, 5.74) is 2.19. The van der Waals surface area contributed by atoms with E-state index in [2.05, 4.69) is 20.2 Å². The van der Waals surface area contributed by atoms with Crippen molar-refractivity contribution in [1.82, 2.24) is 20.2 Å². The molecule has 0 amide bonds. The monoisotopic (exact) mass is 312 g/mol. The Labute approximate surface area is 130 Å². The molecule has 2 aromatic heterocycles. The van der Waals surface area contributed by atoms with E-state index in [9.17, 15) is 4.79 Å². The van der Waals surface area contributed by atoms with E-state index in [-0.39, 0.29) is 5.56 Å². The quantitative estimate of drug-likeness (QED) is 0.704. The molecule has 1 aromatic carbocycles. The second-order valence-corrected chi connectivity index (χ2v) is 5.48. The highest BCUT2D eigenvalue weighted by molar-refractivity contribution is 7.98. The van der Waals surface area contributed by atoms with Crippen molar-refractivity contribution < 1.29 is 9.90 Å². The first-order valence-corrected chi connectivity index (χ1v) is 7.49. The zero-order valence-electron chi connectivity index (χ0n) is 11.4. The van der Waals surface area contributed by atoms with Crippen LogP contribution in [-0.4, -0.2) is 31.2 Å². The van der Waals surface area contributed by atoms with E-state index in [0.29, 0.717) is 16.7 Å². The number of aromatic nitrogens is 4. The summed E-state index contributed by atoms with van der Waals surface area (Å²) >= 11 is 1.51. The molecule has 0 unspecified atom stereocenters. The van der Waals surface area contributed by atoms with Crippen LogP contribution in [0.15, 0.2) is 53.9 Å². The Balaban J connectivity index is 1.65. The van der Waals surface area contributed by atoms with E-state index >= 15 is 0 Å². The Morgan fingerprint density at radius 2 is 2.00 bits per heavy atom. The Morgan fingerprint density at radius 3 is 2.68 bits per heavy atom. The average molecular weight is 312 g/mol. The molecule has 3 rings (SSSR count). The highest BCUT2D eigenvalue weighted by Gasteiger charge is 2.07. The maximum atomic E-state index is 10.8. The van der Waals surface area contributed by atoms with Crippen molar-refractivity contribution in [3.05, 3.63) is 59.9 Å². The number of aromatic carboxylic acids is 1. The maximum Gasteiger partial charge on any atom is 0.335 e. The summed E-state index contributed by atoms with van der Waals surface area (Å²) in [6.45, 7) is 0. The number of thioether (sulfide) groups is 1. The molecule has 6 nitrogen and oxygen atoms in total. The molecule has 0 spiro atoms. The fourth-order valence-corrected chi connectivity index (χ4v) is 2.60. The van der Waals surface area contributed by atoms with Gasteiger partial charge in [0.1, 0.15) is 0 Å². The predicted octanol–water partition coefficient (Wildman–Crippen LogP) is 2.86. The molecule has 2 N–H and O–H groups in total. The zero-order chi connectivity index (χ0) is 15.4. The van der Waals surface area contributed by atoms with Crippen LogP contribution in [0.3, 0.4) is 0 Å². The number of H-pyrrole nitrogens is 1. The van der Waals surface area contributed by atoms with Crippen LogP contribution in [0.5, 0.6) is 0 Å². The molecule has 0 aliphatic carbocycles. The number of benzene rings is 1. The van der Waals surface area contributed by atoms with Gasteiger partial charge >= 0.3 is 5.97 Å². The molecule has 2 heterocycles. The van der Waals surface area contributed by atoms with Gasteiger partial charge in [-0.1, -0.05) is 23.9 Å². The van der Waals surface area contributed by atoms with Crippen LogP contribution >= 0.6 is 11.8 Å². The van der Waals surface area contributed by atoms with E-state index in [4.69, 9.17) is 5.11 Å². The molecule has 0 saturated carbocycles. The first-order valence-electron chi connectivity index (χ1n) is 6.50. The third-order valence-corrected chi connectivity index (χ3v) is 3.91. The zero-order valence-corrected chi connectivity index (χ0v) is 12.2. The van der Waals surface area contributed by atoms with Gasteiger partial charge < -0.3 is 10.1 Å². The van der Waals surface area contributed by atoms with E-state index in [0.717, 1.165) is 11.1 Å². The van der Waals surface area contributed by atoms with Crippen molar-refractivity contribution in [2.45, 2.75) is 10.9 Å². The van der Waals surface area contributed by atoms with Gasteiger partial charge in [0.2, 0.25) is 0 Å². The molecule has 0 bridgehead atoms. The fraction of sp³-hybridized carbons (Fsp3) is 0.0667. The van der Waals surface area contributed by atoms with Crippen molar-refractivity contribution in [1.29, 1.82) is 0 Å². The minimum absolute atomic E-state index is 0.285. The Kier molecular flexibility index (Phi) is 4.15. The summed E-state index contributed by atoms with van der Waals surface area (Å²) in [6.07, 6.45) is 3.43. The second-order valence-electron chi connectivity index (χ2n) is 4.51. The number of aromatic amines is 1. The van der Waals surface area contributed by atoms with E-state index in [1.165, 1.54) is 11.8 Å². The third kappa shape index (κ3) is 3.32. The van der Waals surface area contributed by atoms with Crippen molar-refractivity contribution >= 4 is 17.7 Å². The van der Waals surface area contributed by atoms with Crippen molar-refractivity contribution in [3.63, 3.8) is 0 Å². The Morgan fingerprint density at radius 1 is 1.18 bits per heavy atom. The molecular formula is C15H12N4O2S. The number of carboxylic acids is 1. The smallest absolute Gasteiger partial charge is 0.335 e. The lowest BCUT2D eigenvalue weighted by Gasteiger charge is -2.00. The van der Waals surface area contributed by atoms with Gasteiger partial charge in [0.15, 0.2) is 11.0 Å². The lowest BCUT2D eigenvalue weighted by atomic mass is 10.1. The summed E-state index contributed by atoms with van der Waals surface area (Å²) in [7, 11) is 0. The molecular weight excluding hydrogens is 300 g/mol. The third-order valence-electron chi connectivity index (χ3n) is 2.98. The molecule has 0 atom stereocenters. The number of nitrogens with zero attached hydrogens (tertiary/aromatic N) is 3. The minimum Gasteiger partial charge on any atom is -0.478 e. The number of nitrogens with one attached hydrogen (secondary N) is 1. The molecule has 0 radical (unpaired) electrons. The van der Waals surface area contributed by atoms with E-state index < -0.39 is 5.97 Å². The van der Waals surface area contributed by atoms with Gasteiger partial charge in [-0.15, -0.1) is 10.2 Å². The Hall–Kier alpha value is -2.67. The Bertz CT molecular complexity index is 772. The van der Waals surface area contributed by atoms with Crippen LogP contribution < -0.4 is 0 Å². The van der Waals surface area contributed by atoms with Crippen LogP contribution in [-0.2, 0) is 5.75 Å². The molecule has 0 fully saturated rings. The molecule has 22 heavy (non-hydrogen) atoms. The topological polar surface area (TPSA) is 91.8 Å². The van der Waals surface area contributed by atoms with Gasteiger partial charge in [0.25, 0.3) is 0 Å². The fourth-order valence-electron chi connectivity index (χ4n) is 1.84. The van der Waals surface area contributed by atoms with Crippen LogP contribution in [0.4, 0.5) is 0 Å². The number of carbonyl (C=O) groups is 1.